The van der Waals surface area contributed by atoms with Crippen LogP contribution in [0.5, 0.6) is 0 Å². The number of nitrogens with one attached hydrogen (secondary N) is 1. The molecule has 0 radical (unpaired) electrons. The minimum absolute atomic E-state index is 0.0318. The van der Waals surface area contributed by atoms with Crippen LogP contribution in [0.4, 0.5) is 0 Å². The topological polar surface area (TPSA) is 86.7 Å². The molecule has 1 aromatic carbocycles. The lowest BCUT2D eigenvalue weighted by atomic mass is 9.81. The number of aliphatic hydroxyl groups excluding tert-OH is 1. The molecule has 3 rings (SSSR count). The molecule has 27 heavy (non-hydrogen) atoms. The molecule has 1 aromatic rings. The van der Waals surface area contributed by atoms with Gasteiger partial charge in [-0.05, 0) is 68.7 Å². The molecule has 0 aromatic heterocycles. The van der Waals surface area contributed by atoms with E-state index < -0.39 is 10.0 Å². The number of hydrogen-bond donors (Lipinski definition) is 2. The maximum Gasteiger partial charge on any atom is 0.240 e. The minimum atomic E-state index is -3.54. The van der Waals surface area contributed by atoms with Crippen LogP contribution in [-0.4, -0.2) is 50.1 Å². The van der Waals surface area contributed by atoms with Crippen LogP contribution in [0, 0.1) is 11.8 Å². The number of amides is 1. The van der Waals surface area contributed by atoms with Crippen molar-refractivity contribution in [3.05, 3.63) is 29.3 Å². The summed E-state index contributed by atoms with van der Waals surface area (Å²) in [6, 6.07) is 6.12. The van der Waals surface area contributed by atoms with Crippen molar-refractivity contribution < 1.29 is 18.3 Å². The number of rotatable bonds is 5. The molecule has 1 saturated carbocycles. The molecular weight excluding hydrogens is 388 g/mol. The third kappa shape index (κ3) is 5.44. The van der Waals surface area contributed by atoms with Crippen LogP contribution in [-0.2, 0) is 14.8 Å². The number of sulfonamides is 1. The first kappa shape index (κ1) is 20.6. The number of hydrogen-bond acceptors (Lipinski definition) is 4. The Labute approximate surface area is 165 Å². The van der Waals surface area contributed by atoms with E-state index >= 15 is 0 Å². The molecule has 0 bridgehead atoms. The number of benzene rings is 1. The summed E-state index contributed by atoms with van der Waals surface area (Å²) in [5.74, 6) is 0.478. The van der Waals surface area contributed by atoms with Crippen molar-refractivity contribution in [3.8, 4) is 0 Å². The molecule has 6 nitrogen and oxygen atoms in total. The summed E-state index contributed by atoms with van der Waals surface area (Å²) >= 11 is 5.80. The average Bonchev–Trinajstić information content (AvgIpc) is 2.67. The van der Waals surface area contributed by atoms with Gasteiger partial charge in [0, 0.05) is 30.6 Å². The lowest BCUT2D eigenvalue weighted by Crippen LogP contribution is -2.44. The Hall–Kier alpha value is -1.15. The fraction of sp³-hybridized carbons (Fsp3) is 0.632. The number of likely N-dealkylation sites (tertiary alicyclic amines) is 1. The summed E-state index contributed by atoms with van der Waals surface area (Å²) in [5, 5.41) is 10.1. The molecule has 1 saturated heterocycles. The van der Waals surface area contributed by atoms with Gasteiger partial charge in [-0.3, -0.25) is 4.79 Å². The number of piperidine rings is 1. The Morgan fingerprint density at radius 2 is 1.67 bits per heavy atom. The van der Waals surface area contributed by atoms with E-state index in [1.54, 1.807) is 12.1 Å². The van der Waals surface area contributed by atoms with Gasteiger partial charge in [-0.2, -0.15) is 0 Å². The highest BCUT2D eigenvalue weighted by Gasteiger charge is 2.31. The van der Waals surface area contributed by atoms with Gasteiger partial charge in [0.15, 0.2) is 0 Å². The molecule has 2 N–H and O–H groups in total. The molecule has 1 aliphatic carbocycles. The van der Waals surface area contributed by atoms with Gasteiger partial charge in [0.2, 0.25) is 15.9 Å². The summed E-state index contributed by atoms with van der Waals surface area (Å²) in [6.07, 6.45) is 4.32. The standard InChI is InChI=1S/C19H27ClN2O4S/c20-16-5-7-18(8-6-16)27(25,26)21-13-14-1-3-15(4-2-14)19(24)22-11-9-17(23)10-12-22/h5-8,14-15,17,21,23H,1-4,9-13H2. The van der Waals surface area contributed by atoms with Gasteiger partial charge in [-0.25, -0.2) is 13.1 Å². The molecule has 0 spiro atoms. The quantitative estimate of drug-likeness (QED) is 0.774. The van der Waals surface area contributed by atoms with E-state index in [-0.39, 0.29) is 28.7 Å². The summed E-state index contributed by atoms with van der Waals surface area (Å²) in [7, 11) is -3.54. The van der Waals surface area contributed by atoms with Gasteiger partial charge in [0.1, 0.15) is 0 Å². The number of halogens is 1. The Morgan fingerprint density at radius 1 is 1.07 bits per heavy atom. The van der Waals surface area contributed by atoms with Crippen molar-refractivity contribution in [3.63, 3.8) is 0 Å². The highest BCUT2D eigenvalue weighted by molar-refractivity contribution is 7.89. The maximum atomic E-state index is 12.6. The normalized spacial score (nSPS) is 24.7. The van der Waals surface area contributed by atoms with Crippen molar-refractivity contribution in [1.82, 2.24) is 9.62 Å². The predicted octanol–water partition coefficient (Wildman–Crippen LogP) is 2.41. The van der Waals surface area contributed by atoms with Crippen molar-refractivity contribution in [2.24, 2.45) is 11.8 Å². The van der Waals surface area contributed by atoms with Crippen LogP contribution in [0.25, 0.3) is 0 Å². The third-order valence-electron chi connectivity index (χ3n) is 5.66. The Bertz CT molecular complexity index is 737. The van der Waals surface area contributed by atoms with E-state index in [9.17, 15) is 18.3 Å². The smallest absolute Gasteiger partial charge is 0.240 e. The number of carbonyl (C=O) groups is 1. The Kier molecular flexibility index (Phi) is 6.78. The Balaban J connectivity index is 1.45. The van der Waals surface area contributed by atoms with Crippen LogP contribution < -0.4 is 4.72 Å². The third-order valence-corrected chi connectivity index (χ3v) is 7.35. The molecule has 8 heteroatoms. The molecule has 0 atom stereocenters. The first-order valence-corrected chi connectivity index (χ1v) is 11.4. The van der Waals surface area contributed by atoms with Crippen molar-refractivity contribution in [2.75, 3.05) is 19.6 Å². The zero-order valence-corrected chi connectivity index (χ0v) is 16.9. The highest BCUT2D eigenvalue weighted by atomic mass is 35.5. The molecule has 2 aliphatic rings. The van der Waals surface area contributed by atoms with Crippen LogP contribution in [0.3, 0.4) is 0 Å². The number of nitrogens with zero attached hydrogens (tertiary/aromatic N) is 1. The first-order chi connectivity index (χ1) is 12.8. The van der Waals surface area contributed by atoms with Gasteiger partial charge in [-0.15, -0.1) is 0 Å². The second-order valence-electron chi connectivity index (χ2n) is 7.58. The van der Waals surface area contributed by atoms with E-state index in [0.29, 0.717) is 37.5 Å². The number of aliphatic hydroxyl groups is 1. The van der Waals surface area contributed by atoms with Crippen molar-refractivity contribution in [2.45, 2.75) is 49.5 Å². The molecular formula is C19H27ClN2O4S. The monoisotopic (exact) mass is 414 g/mol. The SMILES string of the molecule is O=C(C1CCC(CNS(=O)(=O)c2ccc(Cl)cc2)CC1)N1CCC(O)CC1. The van der Waals surface area contributed by atoms with Gasteiger partial charge >= 0.3 is 0 Å². The van der Waals surface area contributed by atoms with E-state index in [1.165, 1.54) is 12.1 Å². The number of carbonyl (C=O) groups excluding carboxylic acids is 1. The van der Waals surface area contributed by atoms with Gasteiger partial charge in [-0.1, -0.05) is 11.6 Å². The van der Waals surface area contributed by atoms with Gasteiger partial charge in [0.25, 0.3) is 0 Å². The lowest BCUT2D eigenvalue weighted by Gasteiger charge is -2.35. The summed E-state index contributed by atoms with van der Waals surface area (Å²) in [6.45, 7) is 1.67. The van der Waals surface area contributed by atoms with Crippen LogP contribution in [0.1, 0.15) is 38.5 Å². The van der Waals surface area contributed by atoms with Crippen LogP contribution in [0.2, 0.25) is 5.02 Å². The lowest BCUT2D eigenvalue weighted by molar-refractivity contribution is -0.138. The van der Waals surface area contributed by atoms with Crippen molar-refractivity contribution >= 4 is 27.5 Å². The largest absolute Gasteiger partial charge is 0.393 e. The molecule has 1 amide bonds. The molecule has 2 fully saturated rings. The average molecular weight is 415 g/mol. The second-order valence-corrected chi connectivity index (χ2v) is 9.78. The fourth-order valence-electron chi connectivity index (χ4n) is 3.88. The van der Waals surface area contributed by atoms with E-state index in [2.05, 4.69) is 4.72 Å². The fourth-order valence-corrected chi connectivity index (χ4v) is 5.12. The van der Waals surface area contributed by atoms with Gasteiger partial charge < -0.3 is 10.0 Å². The predicted molar refractivity (Wildman–Crippen MR) is 104 cm³/mol. The van der Waals surface area contributed by atoms with Crippen LogP contribution >= 0.6 is 11.6 Å². The summed E-state index contributed by atoms with van der Waals surface area (Å²) in [4.78, 5) is 14.7. The Morgan fingerprint density at radius 3 is 2.26 bits per heavy atom. The van der Waals surface area contributed by atoms with E-state index in [4.69, 9.17) is 11.6 Å². The van der Waals surface area contributed by atoms with Crippen molar-refractivity contribution in [1.29, 1.82) is 0 Å². The van der Waals surface area contributed by atoms with E-state index in [1.807, 2.05) is 4.90 Å². The molecule has 0 unspecified atom stereocenters. The minimum Gasteiger partial charge on any atom is -0.393 e. The second kappa shape index (κ2) is 8.90. The van der Waals surface area contributed by atoms with E-state index in [0.717, 1.165) is 25.7 Å². The van der Waals surface area contributed by atoms with Gasteiger partial charge in [0.05, 0.1) is 11.0 Å². The maximum absolute atomic E-state index is 12.6. The summed E-state index contributed by atoms with van der Waals surface area (Å²) < 4.78 is 27.4. The molecule has 1 heterocycles. The summed E-state index contributed by atoms with van der Waals surface area (Å²) in [5.41, 5.74) is 0. The molecule has 150 valence electrons. The highest BCUT2D eigenvalue weighted by Crippen LogP contribution is 2.30. The van der Waals surface area contributed by atoms with Crippen LogP contribution in [0.15, 0.2) is 29.2 Å². The first-order valence-electron chi connectivity index (χ1n) is 9.57. The molecule has 1 aliphatic heterocycles. The zero-order valence-electron chi connectivity index (χ0n) is 15.3. The zero-order chi connectivity index (χ0) is 19.4.